The van der Waals surface area contributed by atoms with Crippen LogP contribution in [0.5, 0.6) is 11.5 Å². The fourth-order valence-electron chi connectivity index (χ4n) is 4.04. The molecular weight excluding hydrogens is 411 g/mol. The fourth-order valence-corrected chi connectivity index (χ4v) is 4.04. The van der Waals surface area contributed by atoms with Gasteiger partial charge in [-0.3, -0.25) is 14.5 Å². The number of piperazine rings is 1. The minimum Gasteiger partial charge on any atom is -0.493 e. The SMILES string of the molecule is COc1cc(CC(C)=O)ccc1OCC(=O)N1C[C@H](C)N(Cc2ccc(F)cc2)C[C@H]1C. The second kappa shape index (κ2) is 10.6. The van der Waals surface area contributed by atoms with Gasteiger partial charge in [-0.15, -0.1) is 0 Å². The molecule has 2 atom stereocenters. The van der Waals surface area contributed by atoms with Crippen LogP contribution < -0.4 is 9.47 Å². The molecule has 2 aromatic rings. The van der Waals surface area contributed by atoms with Crippen LogP contribution >= 0.6 is 0 Å². The number of nitrogens with zero attached hydrogens (tertiary/aromatic N) is 2. The van der Waals surface area contributed by atoms with E-state index in [-0.39, 0.29) is 36.2 Å². The molecule has 1 heterocycles. The highest BCUT2D eigenvalue weighted by atomic mass is 19.1. The van der Waals surface area contributed by atoms with Gasteiger partial charge in [0.25, 0.3) is 5.91 Å². The number of carbonyl (C=O) groups excluding carboxylic acids is 2. The number of Topliss-reactive ketones (excluding diaryl/α,β-unsaturated/α-hetero) is 1. The number of amides is 1. The molecule has 0 bridgehead atoms. The third-order valence-electron chi connectivity index (χ3n) is 5.77. The van der Waals surface area contributed by atoms with Gasteiger partial charge in [-0.05, 0) is 56.2 Å². The van der Waals surface area contributed by atoms with E-state index < -0.39 is 0 Å². The van der Waals surface area contributed by atoms with Crippen LogP contribution in [0.3, 0.4) is 0 Å². The lowest BCUT2D eigenvalue weighted by Crippen LogP contribution is -2.58. The average molecular weight is 443 g/mol. The number of hydrogen-bond donors (Lipinski definition) is 0. The molecule has 3 rings (SSSR count). The molecule has 0 N–H and O–H groups in total. The lowest BCUT2D eigenvalue weighted by molar-refractivity contribution is -0.139. The van der Waals surface area contributed by atoms with Crippen LogP contribution in [0.1, 0.15) is 31.9 Å². The molecule has 0 aromatic heterocycles. The molecule has 6 nitrogen and oxygen atoms in total. The standard InChI is InChI=1S/C25H31FN2O4/c1-17-14-28(18(2)13-27(17)15-20-5-8-22(26)9-6-20)25(30)16-32-23-10-7-21(11-19(3)29)12-24(23)31-4/h5-10,12,17-18H,11,13-16H2,1-4H3/t17-,18+/m0/s1. The van der Waals surface area contributed by atoms with Crippen LogP contribution in [0.25, 0.3) is 0 Å². The third-order valence-corrected chi connectivity index (χ3v) is 5.77. The largest absolute Gasteiger partial charge is 0.493 e. The molecule has 0 spiro atoms. The van der Waals surface area contributed by atoms with Crippen molar-refractivity contribution in [3.05, 3.63) is 59.4 Å². The Balaban J connectivity index is 1.58. The van der Waals surface area contributed by atoms with Crippen molar-refractivity contribution in [3.8, 4) is 11.5 Å². The van der Waals surface area contributed by atoms with Gasteiger partial charge in [-0.2, -0.15) is 0 Å². The molecule has 0 aliphatic carbocycles. The van der Waals surface area contributed by atoms with E-state index in [2.05, 4.69) is 11.8 Å². The number of hydrogen-bond acceptors (Lipinski definition) is 5. The van der Waals surface area contributed by atoms with Gasteiger partial charge >= 0.3 is 0 Å². The maximum absolute atomic E-state index is 13.2. The monoisotopic (exact) mass is 442 g/mol. The highest BCUT2D eigenvalue weighted by Gasteiger charge is 2.32. The zero-order valence-electron chi connectivity index (χ0n) is 19.1. The first-order chi connectivity index (χ1) is 15.3. The Bertz CT molecular complexity index is 947. The van der Waals surface area contributed by atoms with Gasteiger partial charge in [-0.1, -0.05) is 18.2 Å². The third kappa shape index (κ3) is 6.07. The van der Waals surface area contributed by atoms with E-state index in [0.29, 0.717) is 31.0 Å². The Hall–Kier alpha value is -2.93. The maximum Gasteiger partial charge on any atom is 0.260 e. The van der Waals surface area contributed by atoms with Gasteiger partial charge in [0.2, 0.25) is 0 Å². The number of carbonyl (C=O) groups is 2. The van der Waals surface area contributed by atoms with Crippen molar-refractivity contribution in [2.45, 2.75) is 45.8 Å². The number of rotatable bonds is 8. The molecule has 0 radical (unpaired) electrons. The van der Waals surface area contributed by atoms with Gasteiger partial charge in [0.1, 0.15) is 11.6 Å². The van der Waals surface area contributed by atoms with Crippen molar-refractivity contribution >= 4 is 11.7 Å². The Kier molecular flexibility index (Phi) is 7.85. The minimum absolute atomic E-state index is 0.0302. The first-order valence-electron chi connectivity index (χ1n) is 10.8. The van der Waals surface area contributed by atoms with E-state index >= 15 is 0 Å². The second-order valence-electron chi connectivity index (χ2n) is 8.45. The summed E-state index contributed by atoms with van der Waals surface area (Å²) in [7, 11) is 1.53. The molecule has 1 saturated heterocycles. The molecule has 1 fully saturated rings. The van der Waals surface area contributed by atoms with E-state index in [1.165, 1.54) is 26.2 Å². The van der Waals surface area contributed by atoms with Crippen molar-refractivity contribution < 1.29 is 23.5 Å². The highest BCUT2D eigenvalue weighted by molar-refractivity contribution is 5.79. The zero-order chi connectivity index (χ0) is 23.3. The van der Waals surface area contributed by atoms with E-state index in [1.54, 1.807) is 24.3 Å². The summed E-state index contributed by atoms with van der Waals surface area (Å²) in [6, 6.07) is 12.0. The van der Waals surface area contributed by atoms with Crippen molar-refractivity contribution in [3.63, 3.8) is 0 Å². The molecule has 0 unspecified atom stereocenters. The number of halogens is 1. The Morgan fingerprint density at radius 1 is 1.00 bits per heavy atom. The predicted octanol–water partition coefficient (Wildman–Crippen LogP) is 3.47. The quantitative estimate of drug-likeness (QED) is 0.627. The summed E-state index contributed by atoms with van der Waals surface area (Å²) in [4.78, 5) is 28.4. The molecule has 7 heteroatoms. The summed E-state index contributed by atoms with van der Waals surface area (Å²) in [5, 5.41) is 0. The Labute approximate surface area is 188 Å². The van der Waals surface area contributed by atoms with Crippen LogP contribution in [0.4, 0.5) is 4.39 Å². The summed E-state index contributed by atoms with van der Waals surface area (Å²) in [5.74, 6) is 0.722. The van der Waals surface area contributed by atoms with Crippen molar-refractivity contribution in [1.82, 2.24) is 9.80 Å². The van der Waals surface area contributed by atoms with Crippen molar-refractivity contribution in [2.75, 3.05) is 26.8 Å². The topological polar surface area (TPSA) is 59.1 Å². The molecule has 32 heavy (non-hydrogen) atoms. The second-order valence-corrected chi connectivity index (χ2v) is 8.45. The Morgan fingerprint density at radius 3 is 2.34 bits per heavy atom. The van der Waals surface area contributed by atoms with Crippen LogP contribution in [0.15, 0.2) is 42.5 Å². The van der Waals surface area contributed by atoms with Crippen LogP contribution in [-0.2, 0) is 22.6 Å². The molecule has 172 valence electrons. The van der Waals surface area contributed by atoms with Gasteiger partial charge < -0.3 is 14.4 Å². The summed E-state index contributed by atoms with van der Waals surface area (Å²) in [5.41, 5.74) is 1.89. The van der Waals surface area contributed by atoms with E-state index in [4.69, 9.17) is 9.47 Å². The zero-order valence-corrected chi connectivity index (χ0v) is 19.1. The minimum atomic E-state index is -0.240. The summed E-state index contributed by atoms with van der Waals surface area (Å²) in [6.45, 7) is 7.61. The first kappa shape index (κ1) is 23.7. The number of ether oxygens (including phenoxy) is 2. The van der Waals surface area contributed by atoms with Crippen molar-refractivity contribution in [2.24, 2.45) is 0 Å². The lowest BCUT2D eigenvalue weighted by Gasteiger charge is -2.44. The van der Waals surface area contributed by atoms with Crippen molar-refractivity contribution in [1.29, 1.82) is 0 Å². The molecular formula is C25H31FN2O4. The van der Waals surface area contributed by atoms with Gasteiger partial charge in [0.15, 0.2) is 18.1 Å². The molecule has 1 aliphatic rings. The number of ketones is 1. The number of methoxy groups -OCH3 is 1. The van der Waals surface area contributed by atoms with E-state index in [0.717, 1.165) is 17.7 Å². The molecule has 0 saturated carbocycles. The lowest BCUT2D eigenvalue weighted by atomic mass is 10.1. The van der Waals surface area contributed by atoms with Crippen LogP contribution in [0, 0.1) is 5.82 Å². The molecule has 1 amide bonds. The molecule has 1 aliphatic heterocycles. The smallest absolute Gasteiger partial charge is 0.260 e. The molecule has 2 aromatic carbocycles. The summed E-state index contributed by atoms with van der Waals surface area (Å²) < 4.78 is 24.3. The van der Waals surface area contributed by atoms with Gasteiger partial charge in [0, 0.05) is 38.1 Å². The van der Waals surface area contributed by atoms with E-state index in [9.17, 15) is 14.0 Å². The Morgan fingerprint density at radius 2 is 1.69 bits per heavy atom. The predicted molar refractivity (Wildman–Crippen MR) is 120 cm³/mol. The highest BCUT2D eigenvalue weighted by Crippen LogP contribution is 2.28. The summed E-state index contributed by atoms with van der Waals surface area (Å²) >= 11 is 0. The summed E-state index contributed by atoms with van der Waals surface area (Å²) in [6.07, 6.45) is 0.327. The van der Waals surface area contributed by atoms with Gasteiger partial charge in [0.05, 0.1) is 7.11 Å². The average Bonchev–Trinajstić information content (AvgIpc) is 2.75. The van der Waals surface area contributed by atoms with Gasteiger partial charge in [-0.25, -0.2) is 4.39 Å². The van der Waals surface area contributed by atoms with Crippen LogP contribution in [0.2, 0.25) is 0 Å². The first-order valence-corrected chi connectivity index (χ1v) is 10.8. The van der Waals surface area contributed by atoms with Crippen LogP contribution in [-0.4, -0.2) is 60.4 Å². The normalized spacial score (nSPS) is 19.0. The van der Waals surface area contributed by atoms with E-state index in [1.807, 2.05) is 17.9 Å². The fraction of sp³-hybridized carbons (Fsp3) is 0.440. The number of benzene rings is 2. The maximum atomic E-state index is 13.2.